The van der Waals surface area contributed by atoms with Gasteiger partial charge in [0, 0.05) is 66.7 Å². The van der Waals surface area contributed by atoms with Crippen LogP contribution in [0, 0.1) is 29.1 Å². The van der Waals surface area contributed by atoms with Gasteiger partial charge in [-0.3, -0.25) is 9.97 Å². The van der Waals surface area contributed by atoms with Crippen molar-refractivity contribution in [1.29, 1.82) is 0 Å². The van der Waals surface area contributed by atoms with Gasteiger partial charge in [-0.15, -0.1) is 0 Å². The van der Waals surface area contributed by atoms with Crippen LogP contribution in [0.1, 0.15) is 110 Å². The summed E-state index contributed by atoms with van der Waals surface area (Å²) in [6, 6.07) is 46.2. The van der Waals surface area contributed by atoms with Crippen molar-refractivity contribution in [3.63, 3.8) is 0 Å². The maximum Gasteiger partial charge on any atom is 0.0728 e. The Labute approximate surface area is 389 Å². The van der Waals surface area contributed by atoms with E-state index in [0.29, 0.717) is 29.1 Å². The topological polar surface area (TPSA) is 35.1 Å². The molecule has 6 aromatic carbocycles. The molecular weight excluding hydrogens is 813 g/mol. The highest BCUT2D eigenvalue weighted by atomic mass is 15.0. The molecule has 5 heterocycles. The normalized spacial score (nSPS) is 28.7. The van der Waals surface area contributed by atoms with Crippen LogP contribution in [0.4, 0.5) is 0 Å². The molecule has 5 aromatic heterocycles. The van der Waals surface area contributed by atoms with Gasteiger partial charge in [0.15, 0.2) is 0 Å². The number of fused-ring (bicyclic) bond motifs is 15. The first kappa shape index (κ1) is 35.6. The van der Waals surface area contributed by atoms with Gasteiger partial charge in [0.05, 0.1) is 45.7 Å². The summed E-state index contributed by atoms with van der Waals surface area (Å²) in [5.74, 6) is 5.71. The minimum atomic E-state index is 0.549. The van der Waals surface area contributed by atoms with E-state index in [1.54, 1.807) is 11.1 Å². The number of rotatable bonds is 3. The van der Waals surface area contributed by atoms with Crippen LogP contribution >= 0.6 is 0 Å². The lowest BCUT2D eigenvalue weighted by Gasteiger charge is -2.48. The van der Waals surface area contributed by atoms with Crippen LogP contribution in [-0.2, 0) is 0 Å². The number of aromatic nitrogens is 4. The molecule has 0 amide bonds. The van der Waals surface area contributed by atoms with Crippen molar-refractivity contribution < 1.29 is 0 Å². The standard InChI is InChI=1S/C63H50N4/c1-3-10-35(11-4-1)44-16-9-17-45(36-12-5-2-6-13-36)61(44)66-48-19-8-15-37-14-7-18-46(52(37)48)55-49(66)28-47-56-50(31-65-60-41-26-43-27-42-25-40(54(56)60)29-63(42,43)30-41)67-51-32-64-59-39-23-33-20-34(24-39)22-38(21-33)53(59)57(51)58(55)62(47)67/h1-19,28,31-34,38-43H,20-27,29-30H2. The highest BCUT2D eigenvalue weighted by Crippen LogP contribution is 2.76. The first-order valence-electron chi connectivity index (χ1n) is 25.8. The molecule has 0 aliphatic heterocycles. The number of pyridine rings is 3. The largest absolute Gasteiger partial charge is 0.308 e. The van der Waals surface area contributed by atoms with E-state index in [1.807, 2.05) is 0 Å². The number of para-hydroxylation sites is 1. The molecule has 1 spiro atoms. The maximum atomic E-state index is 5.69. The second-order valence-corrected chi connectivity index (χ2v) is 22.9. The van der Waals surface area contributed by atoms with Gasteiger partial charge in [-0.25, -0.2) is 0 Å². The summed E-state index contributed by atoms with van der Waals surface area (Å²) in [6.45, 7) is 0. The Morgan fingerprint density at radius 1 is 0.448 bits per heavy atom. The van der Waals surface area contributed by atoms with E-state index in [-0.39, 0.29) is 0 Å². The molecule has 5 fully saturated rings. The second kappa shape index (κ2) is 12.1. The molecule has 7 bridgehead atoms. The van der Waals surface area contributed by atoms with E-state index in [0.717, 1.165) is 23.7 Å². The zero-order chi connectivity index (χ0) is 43.0. The fraction of sp³-hybridized carbons (Fsp3) is 0.302. The molecule has 67 heavy (non-hydrogen) atoms. The Morgan fingerprint density at radius 3 is 1.82 bits per heavy atom. The Balaban J connectivity index is 1.10. The van der Waals surface area contributed by atoms with E-state index in [2.05, 4.69) is 143 Å². The van der Waals surface area contributed by atoms with Crippen molar-refractivity contribution in [3.8, 4) is 27.9 Å². The number of benzene rings is 6. The molecule has 7 unspecified atom stereocenters. The van der Waals surface area contributed by atoms with E-state index in [1.165, 1.54) is 174 Å². The van der Waals surface area contributed by atoms with Crippen LogP contribution in [0.5, 0.6) is 0 Å². The van der Waals surface area contributed by atoms with Crippen LogP contribution in [-0.4, -0.2) is 18.9 Å². The lowest BCUT2D eigenvalue weighted by Crippen LogP contribution is -2.41. The zero-order valence-corrected chi connectivity index (χ0v) is 37.7. The maximum absolute atomic E-state index is 5.69. The van der Waals surface area contributed by atoms with Gasteiger partial charge in [0.2, 0.25) is 0 Å². The summed E-state index contributed by atoms with van der Waals surface area (Å²) < 4.78 is 5.44. The first-order valence-corrected chi connectivity index (χ1v) is 25.8. The number of nitrogens with zero attached hydrogens (tertiary/aromatic N) is 4. The Morgan fingerprint density at radius 2 is 1.07 bits per heavy atom. The minimum Gasteiger partial charge on any atom is -0.308 e. The van der Waals surface area contributed by atoms with Gasteiger partial charge < -0.3 is 8.97 Å². The molecule has 322 valence electrons. The van der Waals surface area contributed by atoms with Crippen LogP contribution in [0.25, 0.3) is 98.6 Å². The lowest BCUT2D eigenvalue weighted by molar-refractivity contribution is 0.00321. The average molecular weight is 863 g/mol. The van der Waals surface area contributed by atoms with Crippen LogP contribution in [0.2, 0.25) is 0 Å². The third-order valence-corrected chi connectivity index (χ3v) is 20.1. The third-order valence-electron chi connectivity index (χ3n) is 20.1. The predicted octanol–water partition coefficient (Wildman–Crippen LogP) is 16.0. The van der Waals surface area contributed by atoms with Crippen LogP contribution in [0.3, 0.4) is 0 Å². The van der Waals surface area contributed by atoms with Crippen molar-refractivity contribution in [2.75, 3.05) is 0 Å². The Hall–Kier alpha value is -6.52. The van der Waals surface area contributed by atoms with Gasteiger partial charge in [0.1, 0.15) is 0 Å². The summed E-state index contributed by atoms with van der Waals surface area (Å²) in [5, 5.41) is 11.2. The first-order chi connectivity index (χ1) is 33.2. The van der Waals surface area contributed by atoms with Crippen molar-refractivity contribution >= 4 is 70.7 Å². The van der Waals surface area contributed by atoms with E-state index in [4.69, 9.17) is 9.97 Å². The van der Waals surface area contributed by atoms with Gasteiger partial charge >= 0.3 is 0 Å². The van der Waals surface area contributed by atoms with E-state index >= 15 is 0 Å². The molecular formula is C63H50N4. The SMILES string of the molecule is c1ccc(-c2cccc(-c3ccccc3)c2-n2c3cccc4cccc(c43)c3c4c5c6c(ncc5n5c7cnc8c(c7c(cc32)c45)C2CC3CC4CC8CC43C2)C2CC3CC(C2)CC6C3)cc1. The average Bonchev–Trinajstić information content (AvgIpc) is 4.01. The van der Waals surface area contributed by atoms with E-state index < -0.39 is 0 Å². The molecule has 0 radical (unpaired) electrons. The van der Waals surface area contributed by atoms with Gasteiger partial charge in [-0.05, 0) is 150 Å². The van der Waals surface area contributed by atoms with Crippen molar-refractivity contribution in [1.82, 2.24) is 18.9 Å². The molecule has 8 aliphatic rings. The smallest absolute Gasteiger partial charge is 0.0728 e. The highest BCUT2D eigenvalue weighted by Gasteiger charge is 2.66. The minimum absolute atomic E-state index is 0.549. The second-order valence-electron chi connectivity index (χ2n) is 22.9. The fourth-order valence-corrected chi connectivity index (χ4v) is 18.0. The van der Waals surface area contributed by atoms with Gasteiger partial charge in [0.25, 0.3) is 0 Å². The zero-order valence-electron chi connectivity index (χ0n) is 37.7. The molecule has 19 rings (SSSR count). The van der Waals surface area contributed by atoms with Gasteiger partial charge in [-0.1, -0.05) is 109 Å². The molecule has 0 N–H and O–H groups in total. The number of hydrogen-bond donors (Lipinski definition) is 0. The van der Waals surface area contributed by atoms with Crippen molar-refractivity contribution in [3.05, 3.63) is 156 Å². The van der Waals surface area contributed by atoms with Crippen molar-refractivity contribution in [2.24, 2.45) is 29.1 Å². The summed E-state index contributed by atoms with van der Waals surface area (Å²) in [7, 11) is 0. The molecule has 4 nitrogen and oxygen atoms in total. The summed E-state index contributed by atoms with van der Waals surface area (Å²) in [5.41, 5.74) is 19.4. The monoisotopic (exact) mass is 862 g/mol. The molecule has 4 heteroatoms. The van der Waals surface area contributed by atoms with E-state index in [9.17, 15) is 0 Å². The van der Waals surface area contributed by atoms with Gasteiger partial charge in [-0.2, -0.15) is 0 Å². The third kappa shape index (κ3) is 4.23. The molecule has 0 saturated heterocycles. The summed E-state index contributed by atoms with van der Waals surface area (Å²) in [6.07, 6.45) is 18.2. The fourth-order valence-electron chi connectivity index (χ4n) is 18.0. The molecule has 8 aliphatic carbocycles. The van der Waals surface area contributed by atoms with Crippen molar-refractivity contribution in [2.45, 2.75) is 87.9 Å². The Kier molecular flexibility index (Phi) is 6.45. The highest BCUT2D eigenvalue weighted by molar-refractivity contribution is 6.38. The molecule has 7 atom stereocenters. The quantitative estimate of drug-likeness (QED) is 0.131. The molecule has 5 saturated carbocycles. The Bertz CT molecular complexity index is 3930. The predicted molar refractivity (Wildman–Crippen MR) is 273 cm³/mol. The lowest BCUT2D eigenvalue weighted by atomic mass is 9.56. The summed E-state index contributed by atoms with van der Waals surface area (Å²) in [4.78, 5) is 11.4. The van der Waals surface area contributed by atoms with Crippen LogP contribution < -0.4 is 0 Å². The summed E-state index contributed by atoms with van der Waals surface area (Å²) >= 11 is 0. The number of hydrogen-bond acceptors (Lipinski definition) is 2. The molecule has 11 aromatic rings. The van der Waals surface area contributed by atoms with Crippen LogP contribution in [0.15, 0.2) is 134 Å².